The first kappa shape index (κ1) is 23.3. The van der Waals surface area contributed by atoms with Gasteiger partial charge in [-0.15, -0.1) is 0 Å². The zero-order chi connectivity index (χ0) is 23.6. The first-order valence-corrected chi connectivity index (χ1v) is 12.4. The Kier molecular flexibility index (Phi) is 6.62. The molecule has 2 aliphatic heterocycles. The van der Waals surface area contributed by atoms with E-state index >= 15 is 0 Å². The van der Waals surface area contributed by atoms with E-state index in [1.54, 1.807) is 14.2 Å². The molecule has 3 aliphatic rings. The summed E-state index contributed by atoms with van der Waals surface area (Å²) in [6.07, 6.45) is 7.06. The topological polar surface area (TPSA) is 86.9 Å². The molecule has 8 nitrogen and oxygen atoms in total. The molecule has 1 saturated carbocycles. The molecule has 1 amide bonds. The Labute approximate surface area is 200 Å². The van der Waals surface area contributed by atoms with Crippen LogP contribution in [0.3, 0.4) is 0 Å². The van der Waals surface area contributed by atoms with Crippen LogP contribution >= 0.6 is 0 Å². The second kappa shape index (κ2) is 9.66. The minimum absolute atomic E-state index is 0.143. The average molecular weight is 470 g/mol. The predicted octanol–water partition coefficient (Wildman–Crippen LogP) is 3.33. The molecule has 3 heterocycles. The number of carbonyl (C=O) groups excluding carboxylic acids is 1. The smallest absolute Gasteiger partial charge is 0.233 e. The van der Waals surface area contributed by atoms with Crippen molar-refractivity contribution in [3.63, 3.8) is 0 Å². The highest BCUT2D eigenvalue weighted by Crippen LogP contribution is 2.50. The van der Waals surface area contributed by atoms with Crippen molar-refractivity contribution in [3.05, 3.63) is 41.5 Å². The van der Waals surface area contributed by atoms with Crippen LogP contribution < -0.4 is 4.74 Å². The van der Waals surface area contributed by atoms with Gasteiger partial charge in [-0.3, -0.25) is 4.79 Å². The summed E-state index contributed by atoms with van der Waals surface area (Å²) >= 11 is 0. The molecule has 34 heavy (non-hydrogen) atoms. The Balaban J connectivity index is 1.17. The number of hydrogen-bond acceptors (Lipinski definition) is 7. The van der Waals surface area contributed by atoms with Crippen LogP contribution in [0.1, 0.15) is 55.8 Å². The van der Waals surface area contributed by atoms with Crippen molar-refractivity contribution in [2.24, 2.45) is 5.92 Å². The molecule has 8 heteroatoms. The number of ether oxygens (including phenoxy) is 3. The molecule has 1 aromatic heterocycles. The van der Waals surface area contributed by atoms with Crippen LogP contribution in [0.4, 0.5) is 0 Å². The zero-order valence-corrected chi connectivity index (χ0v) is 20.3. The van der Waals surface area contributed by atoms with E-state index in [4.69, 9.17) is 18.7 Å². The van der Waals surface area contributed by atoms with Gasteiger partial charge in [-0.2, -0.15) is 4.98 Å². The van der Waals surface area contributed by atoms with E-state index in [1.165, 1.54) is 0 Å². The van der Waals surface area contributed by atoms with E-state index in [0.29, 0.717) is 30.7 Å². The lowest BCUT2D eigenvalue weighted by Gasteiger charge is -2.46. The van der Waals surface area contributed by atoms with Gasteiger partial charge in [0.2, 0.25) is 11.8 Å². The summed E-state index contributed by atoms with van der Waals surface area (Å²) in [4.78, 5) is 20.1. The first-order valence-electron chi connectivity index (χ1n) is 12.4. The fraction of sp³-hybridized carbons (Fsp3) is 0.654. The van der Waals surface area contributed by atoms with Crippen molar-refractivity contribution in [1.82, 2.24) is 15.0 Å². The summed E-state index contributed by atoms with van der Waals surface area (Å²) < 4.78 is 22.2. The summed E-state index contributed by atoms with van der Waals surface area (Å²) in [7, 11) is 3.34. The zero-order valence-electron chi connectivity index (χ0n) is 20.3. The Morgan fingerprint density at radius 1 is 1.15 bits per heavy atom. The van der Waals surface area contributed by atoms with Gasteiger partial charge >= 0.3 is 0 Å². The Morgan fingerprint density at radius 2 is 1.91 bits per heavy atom. The van der Waals surface area contributed by atoms with Gasteiger partial charge in [-0.25, -0.2) is 0 Å². The van der Waals surface area contributed by atoms with Crippen molar-refractivity contribution in [2.75, 3.05) is 40.5 Å². The monoisotopic (exact) mass is 469 g/mol. The molecule has 2 aromatic rings. The van der Waals surface area contributed by atoms with Gasteiger partial charge in [0.15, 0.2) is 5.82 Å². The Morgan fingerprint density at radius 3 is 2.59 bits per heavy atom. The van der Waals surface area contributed by atoms with Crippen LogP contribution in [0.25, 0.3) is 0 Å². The molecule has 1 spiro atoms. The summed E-state index contributed by atoms with van der Waals surface area (Å²) in [5.41, 5.74) is 0.623. The quantitative estimate of drug-likeness (QED) is 0.586. The van der Waals surface area contributed by atoms with E-state index in [9.17, 15) is 4.79 Å². The van der Waals surface area contributed by atoms with Crippen LogP contribution in [0, 0.1) is 5.92 Å². The number of benzene rings is 1. The fourth-order valence-corrected chi connectivity index (χ4v) is 5.65. The van der Waals surface area contributed by atoms with Gasteiger partial charge in [-0.1, -0.05) is 17.3 Å². The van der Waals surface area contributed by atoms with Crippen LogP contribution in [0.5, 0.6) is 5.75 Å². The molecule has 1 atom stereocenters. The molecule has 1 aromatic carbocycles. The van der Waals surface area contributed by atoms with Gasteiger partial charge in [0.25, 0.3) is 0 Å². The van der Waals surface area contributed by atoms with Crippen LogP contribution in [0.15, 0.2) is 28.8 Å². The van der Waals surface area contributed by atoms with Gasteiger partial charge in [0.05, 0.1) is 24.7 Å². The summed E-state index contributed by atoms with van der Waals surface area (Å²) in [5, 5.41) is 4.07. The number of piperidine rings is 1. The van der Waals surface area contributed by atoms with E-state index in [0.717, 1.165) is 76.0 Å². The highest BCUT2D eigenvalue weighted by Gasteiger charge is 2.54. The van der Waals surface area contributed by atoms with Gasteiger partial charge < -0.3 is 23.6 Å². The minimum Gasteiger partial charge on any atom is -0.497 e. The molecule has 0 N–H and O–H groups in total. The SMILES string of the molecule is COCCc1noc(CC2CCOC3(CCN(C(=O)C4(c5ccc(OC)cc5)CC4)CC3)C2)n1. The third kappa shape index (κ3) is 4.70. The van der Waals surface area contributed by atoms with Crippen LogP contribution in [-0.2, 0) is 32.5 Å². The molecular formula is C26H35N3O5. The summed E-state index contributed by atoms with van der Waals surface area (Å²) in [5.74, 6) is 2.96. The molecule has 2 saturated heterocycles. The lowest BCUT2D eigenvalue weighted by molar-refractivity contribution is -0.149. The number of nitrogens with zero attached hydrogens (tertiary/aromatic N) is 3. The number of hydrogen-bond donors (Lipinski definition) is 0. The average Bonchev–Trinajstić information content (AvgIpc) is 3.56. The molecule has 3 fully saturated rings. The first-order chi connectivity index (χ1) is 16.6. The van der Waals surface area contributed by atoms with E-state index in [-0.39, 0.29) is 16.9 Å². The number of rotatable bonds is 8. The maximum absolute atomic E-state index is 13.5. The molecule has 5 rings (SSSR count). The third-order valence-corrected chi connectivity index (χ3v) is 7.86. The van der Waals surface area contributed by atoms with E-state index < -0.39 is 0 Å². The number of carbonyl (C=O) groups is 1. The van der Waals surface area contributed by atoms with Crippen molar-refractivity contribution in [1.29, 1.82) is 0 Å². The highest BCUT2D eigenvalue weighted by molar-refractivity contribution is 5.91. The summed E-state index contributed by atoms with van der Waals surface area (Å²) in [6.45, 7) is 2.85. The molecule has 184 valence electrons. The molecular weight excluding hydrogens is 434 g/mol. The van der Waals surface area contributed by atoms with Crippen LogP contribution in [0.2, 0.25) is 0 Å². The lowest BCUT2D eigenvalue weighted by atomic mass is 9.78. The summed E-state index contributed by atoms with van der Waals surface area (Å²) in [6, 6.07) is 7.99. The van der Waals surface area contributed by atoms with Crippen molar-refractivity contribution in [3.8, 4) is 5.75 Å². The standard InChI is InChI=1S/C26H35N3O5/c1-31-15-8-22-27-23(34-28-22)17-19-7-16-33-25(18-19)11-13-29(14-12-25)24(30)26(9-10-26)20-3-5-21(32-2)6-4-20/h3-6,19H,7-18H2,1-2H3. The number of aromatic nitrogens is 2. The maximum Gasteiger partial charge on any atom is 0.233 e. The molecule has 0 radical (unpaired) electrons. The predicted molar refractivity (Wildman–Crippen MR) is 125 cm³/mol. The van der Waals surface area contributed by atoms with E-state index in [2.05, 4.69) is 15.0 Å². The van der Waals surface area contributed by atoms with E-state index in [1.807, 2.05) is 24.3 Å². The second-order valence-electron chi connectivity index (χ2n) is 10.0. The fourth-order valence-electron chi connectivity index (χ4n) is 5.65. The van der Waals surface area contributed by atoms with Crippen molar-refractivity contribution >= 4 is 5.91 Å². The largest absolute Gasteiger partial charge is 0.497 e. The minimum atomic E-state index is -0.342. The van der Waals surface area contributed by atoms with Crippen LogP contribution in [-0.4, -0.2) is 67.1 Å². The van der Waals surface area contributed by atoms with Gasteiger partial charge in [0, 0.05) is 39.6 Å². The second-order valence-corrected chi connectivity index (χ2v) is 10.0. The number of amides is 1. The van der Waals surface area contributed by atoms with Crippen molar-refractivity contribution < 1.29 is 23.5 Å². The van der Waals surface area contributed by atoms with Gasteiger partial charge in [-0.05, 0) is 62.1 Å². The molecule has 1 aliphatic carbocycles. The normalized spacial score (nSPS) is 23.1. The maximum atomic E-state index is 13.5. The van der Waals surface area contributed by atoms with Gasteiger partial charge in [0.1, 0.15) is 5.75 Å². The van der Waals surface area contributed by atoms with Crippen molar-refractivity contribution in [2.45, 2.75) is 62.4 Å². The highest BCUT2D eigenvalue weighted by atomic mass is 16.5. The lowest BCUT2D eigenvalue weighted by Crippen LogP contribution is -2.52. The molecule has 1 unspecified atom stereocenters. The Bertz CT molecular complexity index is 977. The number of methoxy groups -OCH3 is 2. The molecule has 0 bridgehead atoms. The third-order valence-electron chi connectivity index (χ3n) is 7.86. The number of likely N-dealkylation sites (tertiary alicyclic amines) is 1. The Hall–Kier alpha value is -2.45.